The molecule has 4 atom stereocenters. The van der Waals surface area contributed by atoms with Gasteiger partial charge in [-0.3, -0.25) is 14.3 Å². The number of nitrogens with zero attached hydrogens (tertiary/aromatic N) is 1. The van der Waals surface area contributed by atoms with E-state index in [1.165, 1.54) is 6.20 Å². The first-order valence-electron chi connectivity index (χ1n) is 11.7. The van der Waals surface area contributed by atoms with Crippen LogP contribution in [0.25, 0.3) is 0 Å². The van der Waals surface area contributed by atoms with Crippen LogP contribution in [0.5, 0.6) is 0 Å². The lowest BCUT2D eigenvalue weighted by Gasteiger charge is -2.26. The van der Waals surface area contributed by atoms with Crippen molar-refractivity contribution in [3.05, 3.63) is 30.1 Å². The summed E-state index contributed by atoms with van der Waals surface area (Å²) in [5.74, 6) is -0.442. The van der Waals surface area contributed by atoms with Crippen molar-refractivity contribution in [3.8, 4) is 0 Å². The molecule has 0 radical (unpaired) electrons. The van der Waals surface area contributed by atoms with Crippen LogP contribution in [0, 0.1) is 0 Å². The number of aromatic nitrogens is 1. The molecule has 1 fully saturated rings. The summed E-state index contributed by atoms with van der Waals surface area (Å²) in [6.45, 7) is 12.0. The number of phosphoric acid groups is 1. The molecule has 0 saturated carbocycles. The van der Waals surface area contributed by atoms with Gasteiger partial charge in [-0.15, -0.1) is 0 Å². The summed E-state index contributed by atoms with van der Waals surface area (Å²) in [6.07, 6.45) is -0.864. The fraction of sp³-hybridized carbons (Fsp3) is 0.739. The summed E-state index contributed by atoms with van der Waals surface area (Å²) in [5, 5.41) is 10.2. The molecule has 2 rings (SSSR count). The highest BCUT2D eigenvalue weighted by molar-refractivity contribution is 7.46. The summed E-state index contributed by atoms with van der Waals surface area (Å²) >= 11 is 0. The Balaban J connectivity index is 0.000000635. The second kappa shape index (κ2) is 15.2. The molecule has 1 aliphatic heterocycles. The molecule has 1 saturated heterocycles. The maximum absolute atomic E-state index is 11.0. The molecule has 5 N–H and O–H groups in total. The van der Waals surface area contributed by atoms with Gasteiger partial charge in [0.25, 0.3) is 0 Å². The lowest BCUT2D eigenvalue weighted by Crippen LogP contribution is -2.40. The Kier molecular flexibility index (Phi) is 13.7. The van der Waals surface area contributed by atoms with Crippen LogP contribution < -0.4 is 5.73 Å². The Morgan fingerprint density at radius 3 is 1.97 bits per heavy atom. The standard InChI is InChI=1S/C17H35O10P.C6H6N2O/c1-16(2,3)24-9-7-22-13-12(11-26-28(19,20)21)27-15(18)14(13)23-8-10-25-17(4,5)6;7-6(9)5-2-1-3-8-4-5/h12-15,18H,7-11H2,1-6H3,(H2,19,20,21);1-4H,(H2,7,9)/t12-,13-,14-,15?;/m1./s1. The van der Waals surface area contributed by atoms with Gasteiger partial charge in [0.1, 0.15) is 18.3 Å². The molecular weight excluding hydrogens is 511 g/mol. The molecule has 1 amide bonds. The number of hydrogen-bond donors (Lipinski definition) is 4. The van der Waals surface area contributed by atoms with E-state index in [-0.39, 0.29) is 24.4 Å². The van der Waals surface area contributed by atoms with Crippen LogP contribution in [0.3, 0.4) is 0 Å². The van der Waals surface area contributed by atoms with Crippen molar-refractivity contribution in [2.24, 2.45) is 5.73 Å². The summed E-state index contributed by atoms with van der Waals surface area (Å²) in [4.78, 5) is 31.9. The second-order valence-corrected chi connectivity index (χ2v) is 11.3. The Morgan fingerprint density at radius 2 is 1.57 bits per heavy atom. The number of nitrogens with two attached hydrogens (primary N) is 1. The molecule has 14 heteroatoms. The predicted molar refractivity (Wildman–Crippen MR) is 133 cm³/mol. The van der Waals surface area contributed by atoms with Crippen LogP contribution in [0.4, 0.5) is 0 Å². The van der Waals surface area contributed by atoms with E-state index in [9.17, 15) is 14.5 Å². The third-order valence-electron chi connectivity index (χ3n) is 4.50. The van der Waals surface area contributed by atoms with E-state index >= 15 is 0 Å². The van der Waals surface area contributed by atoms with Crippen LogP contribution in [0.2, 0.25) is 0 Å². The number of ether oxygens (including phenoxy) is 5. The molecule has 1 aromatic rings. The summed E-state index contributed by atoms with van der Waals surface area (Å²) in [7, 11) is -4.69. The summed E-state index contributed by atoms with van der Waals surface area (Å²) < 4.78 is 43.4. The largest absolute Gasteiger partial charge is 0.469 e. The number of phosphoric ester groups is 1. The Hall–Kier alpha value is -1.51. The molecule has 0 aromatic carbocycles. The lowest BCUT2D eigenvalue weighted by atomic mass is 10.1. The number of hydrogen-bond acceptors (Lipinski definition) is 10. The number of carbonyl (C=O) groups excluding carboxylic acids is 1. The molecule has 1 unspecified atom stereocenters. The quantitative estimate of drug-likeness (QED) is 0.216. The molecule has 214 valence electrons. The first-order chi connectivity index (χ1) is 17.0. The van der Waals surface area contributed by atoms with Crippen molar-refractivity contribution in [2.75, 3.05) is 33.0 Å². The number of carbonyl (C=O) groups is 1. The van der Waals surface area contributed by atoms with E-state index in [4.69, 9.17) is 39.2 Å². The summed E-state index contributed by atoms with van der Waals surface area (Å²) in [6, 6.07) is 3.29. The maximum Gasteiger partial charge on any atom is 0.469 e. The molecule has 1 aliphatic rings. The zero-order valence-corrected chi connectivity index (χ0v) is 23.1. The third-order valence-corrected chi connectivity index (χ3v) is 4.98. The van der Waals surface area contributed by atoms with E-state index in [2.05, 4.69) is 9.51 Å². The van der Waals surface area contributed by atoms with Gasteiger partial charge in [-0.1, -0.05) is 0 Å². The van der Waals surface area contributed by atoms with Crippen LogP contribution >= 0.6 is 7.82 Å². The Bertz CT molecular complexity index is 839. The number of pyridine rings is 1. The minimum absolute atomic E-state index is 0.183. The Labute approximate surface area is 217 Å². The average Bonchev–Trinajstić information content (AvgIpc) is 3.06. The minimum Gasteiger partial charge on any atom is -0.373 e. The fourth-order valence-electron chi connectivity index (χ4n) is 2.96. The third kappa shape index (κ3) is 15.5. The van der Waals surface area contributed by atoms with Crippen molar-refractivity contribution in [2.45, 2.75) is 77.3 Å². The topological polar surface area (TPSA) is 189 Å². The fourth-order valence-corrected chi connectivity index (χ4v) is 3.31. The van der Waals surface area contributed by atoms with Crippen LogP contribution in [-0.2, 0) is 32.8 Å². The van der Waals surface area contributed by atoms with Crippen molar-refractivity contribution in [1.82, 2.24) is 4.98 Å². The van der Waals surface area contributed by atoms with Crippen molar-refractivity contribution in [3.63, 3.8) is 0 Å². The van der Waals surface area contributed by atoms with Crippen LogP contribution in [0.1, 0.15) is 51.9 Å². The van der Waals surface area contributed by atoms with Gasteiger partial charge < -0.3 is 44.3 Å². The van der Waals surface area contributed by atoms with E-state index in [1.807, 2.05) is 41.5 Å². The number of rotatable bonds is 12. The van der Waals surface area contributed by atoms with Gasteiger partial charge in [-0.2, -0.15) is 0 Å². The number of amides is 1. The first kappa shape index (κ1) is 33.5. The van der Waals surface area contributed by atoms with Gasteiger partial charge in [0.05, 0.1) is 49.8 Å². The zero-order chi connectivity index (χ0) is 28.3. The lowest BCUT2D eigenvalue weighted by molar-refractivity contribution is -0.155. The maximum atomic E-state index is 11.0. The van der Waals surface area contributed by atoms with Gasteiger partial charge >= 0.3 is 7.82 Å². The van der Waals surface area contributed by atoms with Crippen molar-refractivity contribution >= 4 is 13.7 Å². The number of aliphatic hydroxyl groups excluding tert-OH is 1. The van der Waals surface area contributed by atoms with Crippen LogP contribution in [-0.4, -0.2) is 94.6 Å². The van der Waals surface area contributed by atoms with E-state index < -0.39 is 44.9 Å². The second-order valence-electron chi connectivity index (χ2n) is 10.0. The van der Waals surface area contributed by atoms with E-state index in [1.54, 1.807) is 18.3 Å². The molecule has 1 aromatic heterocycles. The van der Waals surface area contributed by atoms with E-state index in [0.717, 1.165) is 0 Å². The molecular formula is C23H41N2O11P. The van der Waals surface area contributed by atoms with Gasteiger partial charge in [0, 0.05) is 12.4 Å². The SMILES string of the molecule is CC(C)(C)OCCO[C@@H]1[C@@H](COP(=O)(O)O)OC(O)[C@@H]1OCCOC(C)(C)C.NC(=O)c1cccnc1. The molecule has 13 nitrogen and oxygen atoms in total. The average molecular weight is 553 g/mol. The normalized spacial score (nSPS) is 22.4. The van der Waals surface area contributed by atoms with Gasteiger partial charge in [-0.05, 0) is 53.7 Å². The van der Waals surface area contributed by atoms with Gasteiger partial charge in [-0.25, -0.2) is 4.57 Å². The number of primary amides is 1. The number of aliphatic hydroxyl groups is 1. The Morgan fingerprint density at radius 1 is 1.03 bits per heavy atom. The molecule has 37 heavy (non-hydrogen) atoms. The molecule has 0 aliphatic carbocycles. The van der Waals surface area contributed by atoms with Gasteiger partial charge in [0.15, 0.2) is 6.29 Å². The smallest absolute Gasteiger partial charge is 0.373 e. The predicted octanol–water partition coefficient (Wildman–Crippen LogP) is 1.39. The highest BCUT2D eigenvalue weighted by Crippen LogP contribution is 2.37. The van der Waals surface area contributed by atoms with Crippen LogP contribution in [0.15, 0.2) is 24.5 Å². The molecule has 0 bridgehead atoms. The zero-order valence-electron chi connectivity index (χ0n) is 22.2. The minimum atomic E-state index is -4.69. The van der Waals surface area contributed by atoms with Crippen molar-refractivity contribution in [1.29, 1.82) is 0 Å². The van der Waals surface area contributed by atoms with Crippen molar-refractivity contribution < 1.29 is 52.5 Å². The highest BCUT2D eigenvalue weighted by Gasteiger charge is 2.46. The molecule has 2 heterocycles. The molecule has 0 spiro atoms. The summed E-state index contributed by atoms with van der Waals surface area (Å²) in [5.41, 5.74) is 4.72. The van der Waals surface area contributed by atoms with Gasteiger partial charge in [0.2, 0.25) is 5.91 Å². The van der Waals surface area contributed by atoms with E-state index in [0.29, 0.717) is 18.8 Å². The highest BCUT2D eigenvalue weighted by atomic mass is 31.2. The monoisotopic (exact) mass is 552 g/mol. The first-order valence-corrected chi connectivity index (χ1v) is 13.3.